The molecular weight excluding hydrogens is 429 g/mol. The number of rotatable bonds is 11. The number of thioether (sulfide) groups is 1. The lowest BCUT2D eigenvalue weighted by Gasteiger charge is -2.17. The SMILES string of the molecule is C[Si](C)(C)CCOCn1c(CSCCO)nc(-c2ccncc2)c1-c1ccc(F)cc1. The molecule has 3 rings (SSSR count). The summed E-state index contributed by atoms with van der Waals surface area (Å²) in [5, 5.41) is 9.19. The molecule has 0 unspecified atom stereocenters. The minimum absolute atomic E-state index is 0.125. The molecule has 31 heavy (non-hydrogen) atoms. The van der Waals surface area contributed by atoms with E-state index >= 15 is 0 Å². The highest BCUT2D eigenvalue weighted by atomic mass is 32.2. The number of ether oxygens (including phenoxy) is 1. The Morgan fingerprint density at radius 2 is 1.77 bits per heavy atom. The van der Waals surface area contributed by atoms with E-state index < -0.39 is 8.07 Å². The van der Waals surface area contributed by atoms with Crippen LogP contribution in [-0.2, 0) is 17.2 Å². The second-order valence-electron chi connectivity index (χ2n) is 8.52. The van der Waals surface area contributed by atoms with Crippen molar-refractivity contribution in [1.82, 2.24) is 14.5 Å². The van der Waals surface area contributed by atoms with E-state index in [2.05, 4.69) is 29.2 Å². The molecule has 5 nitrogen and oxygen atoms in total. The van der Waals surface area contributed by atoms with Crippen LogP contribution in [0, 0.1) is 5.82 Å². The molecule has 166 valence electrons. The molecule has 0 saturated heterocycles. The highest BCUT2D eigenvalue weighted by molar-refractivity contribution is 7.98. The van der Waals surface area contributed by atoms with Crippen LogP contribution >= 0.6 is 11.8 Å². The van der Waals surface area contributed by atoms with E-state index in [0.29, 0.717) is 24.8 Å². The summed E-state index contributed by atoms with van der Waals surface area (Å²) in [5.74, 6) is 1.89. The molecule has 0 aliphatic carbocycles. The minimum atomic E-state index is -1.20. The first-order valence-corrected chi connectivity index (χ1v) is 15.3. The molecule has 0 aliphatic rings. The summed E-state index contributed by atoms with van der Waals surface area (Å²) in [5.41, 5.74) is 3.55. The van der Waals surface area contributed by atoms with Crippen molar-refractivity contribution in [3.63, 3.8) is 0 Å². The number of nitrogens with zero attached hydrogens (tertiary/aromatic N) is 3. The van der Waals surface area contributed by atoms with Crippen LogP contribution in [0.3, 0.4) is 0 Å². The smallest absolute Gasteiger partial charge is 0.124 e. The van der Waals surface area contributed by atoms with E-state index in [-0.39, 0.29) is 12.4 Å². The lowest BCUT2D eigenvalue weighted by Crippen LogP contribution is -2.22. The van der Waals surface area contributed by atoms with Crippen molar-refractivity contribution in [2.75, 3.05) is 19.0 Å². The molecule has 0 radical (unpaired) electrons. The number of aliphatic hydroxyl groups is 1. The average molecular weight is 460 g/mol. The highest BCUT2D eigenvalue weighted by Gasteiger charge is 2.21. The van der Waals surface area contributed by atoms with Crippen molar-refractivity contribution >= 4 is 19.8 Å². The van der Waals surface area contributed by atoms with Crippen LogP contribution in [0.25, 0.3) is 22.5 Å². The highest BCUT2D eigenvalue weighted by Crippen LogP contribution is 2.34. The van der Waals surface area contributed by atoms with Gasteiger partial charge in [0.15, 0.2) is 0 Å². The van der Waals surface area contributed by atoms with Crippen molar-refractivity contribution in [1.29, 1.82) is 0 Å². The van der Waals surface area contributed by atoms with Gasteiger partial charge in [-0.3, -0.25) is 4.98 Å². The first kappa shape index (κ1) is 23.7. The third-order valence-corrected chi connectivity index (χ3v) is 7.44. The molecule has 2 aromatic heterocycles. The molecule has 2 heterocycles. The van der Waals surface area contributed by atoms with Gasteiger partial charge in [0, 0.05) is 44.0 Å². The fraction of sp³-hybridized carbons (Fsp3) is 0.391. The summed E-state index contributed by atoms with van der Waals surface area (Å²) in [6.07, 6.45) is 3.49. The number of benzene rings is 1. The van der Waals surface area contributed by atoms with Gasteiger partial charge in [-0.15, -0.1) is 0 Å². The van der Waals surface area contributed by atoms with Crippen LogP contribution in [0.5, 0.6) is 0 Å². The second-order valence-corrected chi connectivity index (χ2v) is 15.2. The Kier molecular flexibility index (Phi) is 8.42. The van der Waals surface area contributed by atoms with E-state index in [9.17, 15) is 9.50 Å². The van der Waals surface area contributed by atoms with Gasteiger partial charge in [0.1, 0.15) is 18.4 Å². The van der Waals surface area contributed by atoms with Gasteiger partial charge in [-0.2, -0.15) is 11.8 Å². The molecule has 0 aliphatic heterocycles. The number of imidazole rings is 1. The topological polar surface area (TPSA) is 60.2 Å². The molecule has 0 spiro atoms. The van der Waals surface area contributed by atoms with Gasteiger partial charge >= 0.3 is 0 Å². The third-order valence-electron chi connectivity index (χ3n) is 4.80. The molecular formula is C23H30FN3O2SSi. The monoisotopic (exact) mass is 459 g/mol. The van der Waals surface area contributed by atoms with E-state index in [1.807, 2.05) is 12.1 Å². The Hall–Kier alpha value is -2.00. The first-order chi connectivity index (χ1) is 14.9. The zero-order valence-corrected chi connectivity index (χ0v) is 20.2. The summed E-state index contributed by atoms with van der Waals surface area (Å²) in [6.45, 7) is 8.19. The lowest BCUT2D eigenvalue weighted by atomic mass is 10.1. The lowest BCUT2D eigenvalue weighted by molar-refractivity contribution is 0.0867. The maximum atomic E-state index is 13.6. The summed E-state index contributed by atoms with van der Waals surface area (Å²) >= 11 is 1.62. The fourth-order valence-corrected chi connectivity index (χ4v) is 4.56. The van der Waals surface area contributed by atoms with Crippen LogP contribution in [0.4, 0.5) is 4.39 Å². The molecule has 1 aromatic carbocycles. The summed E-state index contributed by atoms with van der Waals surface area (Å²) in [4.78, 5) is 9.07. The number of hydrogen-bond acceptors (Lipinski definition) is 5. The van der Waals surface area contributed by atoms with Crippen LogP contribution in [0.15, 0.2) is 48.8 Å². The standard InChI is InChI=1S/C23H30FN3O2SSi/c1-31(2,3)15-13-29-17-27-21(16-30-14-12-28)26-22(18-8-10-25-11-9-18)23(27)19-4-6-20(24)7-5-19/h4-11,28H,12-17H2,1-3H3. The van der Waals surface area contributed by atoms with E-state index in [1.165, 1.54) is 12.1 Å². The van der Waals surface area contributed by atoms with Gasteiger partial charge in [-0.25, -0.2) is 9.37 Å². The molecule has 0 amide bonds. The summed E-state index contributed by atoms with van der Waals surface area (Å²) in [7, 11) is -1.20. The number of hydrogen-bond donors (Lipinski definition) is 1. The zero-order valence-electron chi connectivity index (χ0n) is 18.3. The van der Waals surface area contributed by atoms with Gasteiger partial charge in [-0.1, -0.05) is 19.6 Å². The Morgan fingerprint density at radius 1 is 1.06 bits per heavy atom. The largest absolute Gasteiger partial charge is 0.396 e. The molecule has 1 N–H and O–H groups in total. The number of aliphatic hydroxyl groups excluding tert-OH is 1. The summed E-state index contributed by atoms with van der Waals surface area (Å²) in [6, 6.07) is 11.4. The maximum absolute atomic E-state index is 13.6. The van der Waals surface area contributed by atoms with Crippen molar-refractivity contribution in [3.8, 4) is 22.5 Å². The van der Waals surface area contributed by atoms with Crippen molar-refractivity contribution < 1.29 is 14.2 Å². The van der Waals surface area contributed by atoms with Crippen LogP contribution in [-0.4, -0.2) is 46.7 Å². The van der Waals surface area contributed by atoms with Crippen molar-refractivity contribution in [2.24, 2.45) is 0 Å². The molecule has 0 saturated carbocycles. The zero-order chi connectivity index (χ0) is 22.3. The van der Waals surface area contributed by atoms with Crippen LogP contribution < -0.4 is 0 Å². The van der Waals surface area contributed by atoms with Crippen molar-refractivity contribution in [2.45, 2.75) is 38.2 Å². The predicted octanol–water partition coefficient (Wildman–Crippen LogP) is 5.29. The average Bonchev–Trinajstić information content (AvgIpc) is 3.10. The number of pyridine rings is 1. The van der Waals surface area contributed by atoms with Gasteiger partial charge in [0.05, 0.1) is 23.7 Å². The van der Waals surface area contributed by atoms with Gasteiger partial charge in [0.25, 0.3) is 0 Å². The Bertz CT molecular complexity index is 959. The first-order valence-electron chi connectivity index (χ1n) is 10.4. The van der Waals surface area contributed by atoms with E-state index in [1.54, 1.807) is 36.3 Å². The van der Waals surface area contributed by atoms with Crippen LogP contribution in [0.2, 0.25) is 25.7 Å². The molecule has 0 atom stereocenters. The fourth-order valence-electron chi connectivity index (χ4n) is 3.12. The Balaban J connectivity index is 2.02. The van der Waals surface area contributed by atoms with Crippen molar-refractivity contribution in [3.05, 3.63) is 60.4 Å². The predicted molar refractivity (Wildman–Crippen MR) is 128 cm³/mol. The minimum Gasteiger partial charge on any atom is -0.396 e. The quantitative estimate of drug-likeness (QED) is 0.312. The molecule has 0 bridgehead atoms. The molecule has 8 heteroatoms. The second kappa shape index (κ2) is 11.0. The molecule has 3 aromatic rings. The van der Waals surface area contributed by atoms with Gasteiger partial charge in [0.2, 0.25) is 0 Å². The Morgan fingerprint density at radius 3 is 2.42 bits per heavy atom. The normalized spacial score (nSPS) is 11.8. The third kappa shape index (κ3) is 6.74. The van der Waals surface area contributed by atoms with Gasteiger partial charge in [-0.05, 0) is 42.4 Å². The van der Waals surface area contributed by atoms with E-state index in [4.69, 9.17) is 9.72 Å². The van der Waals surface area contributed by atoms with E-state index in [0.717, 1.165) is 34.4 Å². The number of halogens is 1. The Labute approximate surface area is 188 Å². The van der Waals surface area contributed by atoms with Crippen LogP contribution in [0.1, 0.15) is 5.82 Å². The summed E-state index contributed by atoms with van der Waals surface area (Å²) < 4.78 is 21.8. The number of aromatic nitrogens is 3. The molecule has 0 fully saturated rings. The maximum Gasteiger partial charge on any atom is 0.124 e. The van der Waals surface area contributed by atoms with Gasteiger partial charge < -0.3 is 14.4 Å².